The summed E-state index contributed by atoms with van der Waals surface area (Å²) in [6.45, 7) is 1.19. The monoisotopic (exact) mass is 402 g/mol. The van der Waals surface area contributed by atoms with Gasteiger partial charge in [0.2, 0.25) is 5.95 Å². The summed E-state index contributed by atoms with van der Waals surface area (Å²) < 4.78 is 45.3. The predicted molar refractivity (Wildman–Crippen MR) is 99.4 cm³/mol. The van der Waals surface area contributed by atoms with E-state index in [-0.39, 0.29) is 24.3 Å². The Labute approximate surface area is 164 Å². The Hall–Kier alpha value is -3.01. The van der Waals surface area contributed by atoms with Gasteiger partial charge < -0.3 is 15.0 Å². The highest BCUT2D eigenvalue weighted by Crippen LogP contribution is 2.37. The minimum Gasteiger partial charge on any atom is -0.374 e. The number of pyridine rings is 2. The summed E-state index contributed by atoms with van der Waals surface area (Å²) in [5, 5.41) is 3.68. The number of anilines is 2. The highest BCUT2D eigenvalue weighted by Gasteiger charge is 2.47. The van der Waals surface area contributed by atoms with Crippen LogP contribution in [-0.2, 0) is 17.5 Å². The smallest absolute Gasteiger partial charge is 0.374 e. The fraction of sp³-hybridized carbons (Fsp3) is 0.368. The molecule has 0 bridgehead atoms. The minimum absolute atomic E-state index is 0.0471. The van der Waals surface area contributed by atoms with Gasteiger partial charge in [-0.2, -0.15) is 23.1 Å². The van der Waals surface area contributed by atoms with Gasteiger partial charge in [-0.15, -0.1) is 0 Å². The summed E-state index contributed by atoms with van der Waals surface area (Å²) in [6.07, 6.45) is -0.623. The largest absolute Gasteiger partial charge is 0.433 e. The SMILES string of the molecule is FC(F)(F)c1ncccc1CNc1nc(N2CCOC3CC32)nc2ncccc12. The molecule has 2 atom stereocenters. The van der Waals surface area contributed by atoms with Crippen molar-refractivity contribution in [1.29, 1.82) is 0 Å². The zero-order valence-electron chi connectivity index (χ0n) is 15.2. The van der Waals surface area contributed by atoms with E-state index in [0.29, 0.717) is 36.0 Å². The summed E-state index contributed by atoms with van der Waals surface area (Å²) in [6, 6.07) is 6.67. The number of aromatic nitrogens is 4. The maximum atomic E-state index is 13.2. The third-order valence-corrected chi connectivity index (χ3v) is 5.09. The molecule has 3 aromatic heterocycles. The van der Waals surface area contributed by atoms with Crippen LogP contribution >= 0.6 is 0 Å². The van der Waals surface area contributed by atoms with Gasteiger partial charge in [-0.1, -0.05) is 6.07 Å². The highest BCUT2D eigenvalue weighted by molar-refractivity contribution is 5.87. The van der Waals surface area contributed by atoms with E-state index in [0.717, 1.165) is 12.6 Å². The van der Waals surface area contributed by atoms with Gasteiger partial charge in [-0.05, 0) is 24.6 Å². The lowest BCUT2D eigenvalue weighted by Crippen LogP contribution is -2.38. The topological polar surface area (TPSA) is 76.1 Å². The first kappa shape index (κ1) is 18.0. The average molecular weight is 402 g/mol. The van der Waals surface area contributed by atoms with Crippen LogP contribution < -0.4 is 10.2 Å². The molecular weight excluding hydrogens is 385 g/mol. The van der Waals surface area contributed by atoms with Crippen molar-refractivity contribution in [3.8, 4) is 0 Å². The number of hydrogen-bond donors (Lipinski definition) is 1. The molecule has 2 unspecified atom stereocenters. The van der Waals surface area contributed by atoms with Crippen molar-refractivity contribution in [2.75, 3.05) is 23.4 Å². The second kappa shape index (κ2) is 6.80. The first-order chi connectivity index (χ1) is 14.0. The average Bonchev–Trinajstić information content (AvgIpc) is 3.51. The first-order valence-electron chi connectivity index (χ1n) is 9.27. The molecule has 0 radical (unpaired) electrons. The van der Waals surface area contributed by atoms with Crippen molar-refractivity contribution >= 4 is 22.8 Å². The Kier molecular flexibility index (Phi) is 4.23. The number of hydrogen-bond acceptors (Lipinski definition) is 7. The molecule has 5 rings (SSSR count). The normalized spacial score (nSPS) is 21.1. The summed E-state index contributed by atoms with van der Waals surface area (Å²) in [5.74, 6) is 0.954. The van der Waals surface area contributed by atoms with Gasteiger partial charge >= 0.3 is 6.18 Å². The van der Waals surface area contributed by atoms with Crippen LogP contribution in [0.3, 0.4) is 0 Å². The molecule has 0 amide bonds. The molecule has 4 heterocycles. The number of ether oxygens (including phenoxy) is 1. The van der Waals surface area contributed by atoms with E-state index in [1.165, 1.54) is 12.1 Å². The molecule has 10 heteroatoms. The van der Waals surface area contributed by atoms with Crippen LogP contribution in [-0.4, -0.2) is 45.2 Å². The summed E-state index contributed by atoms with van der Waals surface area (Å²) in [5.41, 5.74) is -0.366. The van der Waals surface area contributed by atoms with Crippen molar-refractivity contribution in [2.45, 2.75) is 31.3 Å². The molecule has 29 heavy (non-hydrogen) atoms. The molecule has 2 fully saturated rings. The van der Waals surface area contributed by atoms with E-state index in [4.69, 9.17) is 4.74 Å². The van der Waals surface area contributed by atoms with Crippen molar-refractivity contribution in [2.24, 2.45) is 0 Å². The Bertz CT molecular complexity index is 1060. The molecule has 150 valence electrons. The highest BCUT2D eigenvalue weighted by atomic mass is 19.4. The third kappa shape index (κ3) is 3.44. The number of alkyl halides is 3. The van der Waals surface area contributed by atoms with E-state index in [1.54, 1.807) is 18.3 Å². The minimum atomic E-state index is -4.52. The molecule has 3 aromatic rings. The van der Waals surface area contributed by atoms with Crippen LogP contribution in [0.4, 0.5) is 24.9 Å². The lowest BCUT2D eigenvalue weighted by atomic mass is 10.2. The number of nitrogens with one attached hydrogen (secondary N) is 1. The van der Waals surface area contributed by atoms with Crippen molar-refractivity contribution in [1.82, 2.24) is 19.9 Å². The zero-order chi connectivity index (χ0) is 20.0. The Morgan fingerprint density at radius 3 is 2.83 bits per heavy atom. The number of fused-ring (bicyclic) bond motifs is 2. The van der Waals surface area contributed by atoms with E-state index in [2.05, 4.69) is 30.2 Å². The van der Waals surface area contributed by atoms with Crippen LogP contribution in [0.25, 0.3) is 11.0 Å². The van der Waals surface area contributed by atoms with Crippen molar-refractivity contribution < 1.29 is 17.9 Å². The number of rotatable bonds is 4. The summed E-state index contributed by atoms with van der Waals surface area (Å²) >= 11 is 0. The maximum absolute atomic E-state index is 13.2. The van der Waals surface area contributed by atoms with Crippen molar-refractivity contribution in [3.05, 3.63) is 47.9 Å². The lowest BCUT2D eigenvalue weighted by Gasteiger charge is -2.27. The summed E-state index contributed by atoms with van der Waals surface area (Å²) in [7, 11) is 0. The van der Waals surface area contributed by atoms with Crippen LogP contribution in [0.5, 0.6) is 0 Å². The van der Waals surface area contributed by atoms with E-state index in [9.17, 15) is 13.2 Å². The molecule has 1 saturated heterocycles. The van der Waals surface area contributed by atoms with Gasteiger partial charge in [0.05, 0.1) is 24.1 Å². The van der Waals surface area contributed by atoms with E-state index in [1.807, 2.05) is 0 Å². The van der Waals surface area contributed by atoms with Gasteiger partial charge in [0.1, 0.15) is 11.5 Å². The van der Waals surface area contributed by atoms with Crippen molar-refractivity contribution in [3.63, 3.8) is 0 Å². The summed E-state index contributed by atoms with van der Waals surface area (Å²) in [4.78, 5) is 19.1. The molecule has 0 spiro atoms. The standard InChI is InChI=1S/C19H17F3N6O/c20-19(21,22)15-11(3-1-5-23-15)10-25-17-12-4-2-6-24-16(12)26-18(27-17)28-7-8-29-14-9-13(14)28/h1-6,13-14H,7-10H2,(H,24,25,26,27). The fourth-order valence-electron chi connectivity index (χ4n) is 3.61. The molecule has 2 aliphatic rings. The molecule has 1 aliphatic heterocycles. The zero-order valence-corrected chi connectivity index (χ0v) is 15.2. The van der Waals surface area contributed by atoms with Crippen LogP contribution in [0.15, 0.2) is 36.7 Å². The number of morpholine rings is 1. The van der Waals surface area contributed by atoms with Crippen LogP contribution in [0, 0.1) is 0 Å². The maximum Gasteiger partial charge on any atom is 0.433 e. The molecule has 0 aromatic carbocycles. The van der Waals surface area contributed by atoms with Gasteiger partial charge in [-0.3, -0.25) is 4.98 Å². The molecule has 1 saturated carbocycles. The molecule has 7 nitrogen and oxygen atoms in total. The molecular formula is C19H17F3N6O. The quantitative estimate of drug-likeness (QED) is 0.719. The molecule has 1 N–H and O–H groups in total. The number of nitrogens with zero attached hydrogens (tertiary/aromatic N) is 5. The van der Waals surface area contributed by atoms with Gasteiger partial charge in [0.15, 0.2) is 5.65 Å². The Morgan fingerprint density at radius 1 is 1.14 bits per heavy atom. The van der Waals surface area contributed by atoms with E-state index < -0.39 is 11.9 Å². The fourth-order valence-corrected chi connectivity index (χ4v) is 3.61. The Morgan fingerprint density at radius 2 is 1.97 bits per heavy atom. The second-order valence-corrected chi connectivity index (χ2v) is 7.01. The first-order valence-corrected chi connectivity index (χ1v) is 9.27. The molecule has 1 aliphatic carbocycles. The predicted octanol–water partition coefficient (Wildman–Crippen LogP) is 3.03. The van der Waals surface area contributed by atoms with Crippen LogP contribution in [0.1, 0.15) is 17.7 Å². The van der Waals surface area contributed by atoms with Gasteiger partial charge in [-0.25, -0.2) is 4.98 Å². The van der Waals surface area contributed by atoms with Gasteiger partial charge in [0.25, 0.3) is 0 Å². The Balaban J connectivity index is 1.48. The third-order valence-electron chi connectivity index (χ3n) is 5.09. The number of halogens is 3. The second-order valence-electron chi connectivity index (χ2n) is 7.01. The lowest BCUT2D eigenvalue weighted by molar-refractivity contribution is -0.141. The van der Waals surface area contributed by atoms with Gasteiger partial charge in [0, 0.05) is 31.0 Å². The van der Waals surface area contributed by atoms with E-state index >= 15 is 0 Å². The van der Waals surface area contributed by atoms with Crippen LogP contribution in [0.2, 0.25) is 0 Å².